The third-order valence-electron chi connectivity index (χ3n) is 3.41. The van der Waals surface area contributed by atoms with Crippen LogP contribution in [0.15, 0.2) is 12.4 Å². The summed E-state index contributed by atoms with van der Waals surface area (Å²) in [6.45, 7) is 8.56. The second-order valence-electron chi connectivity index (χ2n) is 5.24. The summed E-state index contributed by atoms with van der Waals surface area (Å²) >= 11 is 0. The van der Waals surface area contributed by atoms with Gasteiger partial charge in [-0.3, -0.25) is 4.98 Å². The van der Waals surface area contributed by atoms with Crippen LogP contribution in [0.4, 0.5) is 5.82 Å². The summed E-state index contributed by atoms with van der Waals surface area (Å²) in [7, 11) is 0. The molecule has 0 saturated carbocycles. The number of nitrogens with one attached hydrogen (secondary N) is 1. The summed E-state index contributed by atoms with van der Waals surface area (Å²) < 4.78 is 0. The van der Waals surface area contributed by atoms with Crippen LogP contribution in [0, 0.1) is 5.92 Å². The van der Waals surface area contributed by atoms with Crippen LogP contribution in [0.2, 0.25) is 0 Å². The molecule has 2 heterocycles. The minimum absolute atomic E-state index is 0.770. The molecule has 0 radical (unpaired) electrons. The molecular formula is C14H24N4. The largest absolute Gasteiger partial charge is 0.355 e. The molecule has 0 bridgehead atoms. The van der Waals surface area contributed by atoms with Gasteiger partial charge in [-0.15, -0.1) is 0 Å². The molecule has 1 aliphatic heterocycles. The summed E-state index contributed by atoms with van der Waals surface area (Å²) in [5.41, 5.74) is 1.03. The Labute approximate surface area is 110 Å². The van der Waals surface area contributed by atoms with Crippen LogP contribution in [0.1, 0.15) is 38.8 Å². The fourth-order valence-corrected chi connectivity index (χ4v) is 2.39. The van der Waals surface area contributed by atoms with Gasteiger partial charge in [0.2, 0.25) is 0 Å². The summed E-state index contributed by atoms with van der Waals surface area (Å²) in [5, 5.41) is 3.34. The van der Waals surface area contributed by atoms with Gasteiger partial charge in [0.15, 0.2) is 0 Å². The number of piperidine rings is 1. The number of hydrogen-bond acceptors (Lipinski definition) is 4. The quantitative estimate of drug-likeness (QED) is 0.811. The maximum atomic E-state index is 4.54. The number of anilines is 1. The molecule has 1 N–H and O–H groups in total. The Bertz CT molecular complexity index is 349. The van der Waals surface area contributed by atoms with E-state index in [-0.39, 0.29) is 0 Å². The molecule has 0 amide bonds. The van der Waals surface area contributed by atoms with Crippen molar-refractivity contribution < 1.29 is 0 Å². The van der Waals surface area contributed by atoms with Gasteiger partial charge in [-0.1, -0.05) is 13.8 Å². The highest BCUT2D eigenvalue weighted by molar-refractivity contribution is 5.36. The summed E-state index contributed by atoms with van der Waals surface area (Å²) in [4.78, 5) is 11.4. The smallest absolute Gasteiger partial charge is 0.147 e. The fraction of sp³-hybridized carbons (Fsp3) is 0.714. The molecule has 18 heavy (non-hydrogen) atoms. The molecule has 4 nitrogen and oxygen atoms in total. The first-order valence-electron chi connectivity index (χ1n) is 7.06. The van der Waals surface area contributed by atoms with E-state index < -0.39 is 0 Å². The normalized spacial score (nSPS) is 20.1. The van der Waals surface area contributed by atoms with Gasteiger partial charge in [0.1, 0.15) is 5.82 Å². The maximum Gasteiger partial charge on any atom is 0.147 e. The maximum absolute atomic E-state index is 4.54. The zero-order valence-corrected chi connectivity index (χ0v) is 11.5. The van der Waals surface area contributed by atoms with Crippen molar-refractivity contribution in [2.45, 2.75) is 39.7 Å². The zero-order chi connectivity index (χ0) is 12.8. The lowest BCUT2D eigenvalue weighted by molar-refractivity contribution is 0.444. The highest BCUT2D eigenvalue weighted by atomic mass is 15.2. The zero-order valence-electron chi connectivity index (χ0n) is 11.5. The molecule has 0 aliphatic carbocycles. The molecule has 1 unspecified atom stereocenters. The average Bonchev–Trinajstić information content (AvgIpc) is 2.40. The highest BCUT2D eigenvalue weighted by Gasteiger charge is 2.17. The first-order valence-corrected chi connectivity index (χ1v) is 7.06. The van der Waals surface area contributed by atoms with Crippen LogP contribution >= 0.6 is 0 Å². The Balaban J connectivity index is 1.90. The molecule has 1 aliphatic rings. The second kappa shape index (κ2) is 6.69. The van der Waals surface area contributed by atoms with Crippen molar-refractivity contribution >= 4 is 5.82 Å². The van der Waals surface area contributed by atoms with E-state index >= 15 is 0 Å². The highest BCUT2D eigenvalue weighted by Crippen LogP contribution is 2.20. The number of rotatable bonds is 5. The molecule has 4 heteroatoms. The van der Waals surface area contributed by atoms with E-state index in [0.717, 1.165) is 50.0 Å². The molecule has 1 aromatic rings. The van der Waals surface area contributed by atoms with E-state index in [0.29, 0.717) is 0 Å². The third kappa shape index (κ3) is 3.67. The molecule has 1 fully saturated rings. The van der Waals surface area contributed by atoms with Gasteiger partial charge in [-0.05, 0) is 31.7 Å². The molecule has 1 saturated heterocycles. The van der Waals surface area contributed by atoms with Crippen LogP contribution in [-0.2, 0) is 6.54 Å². The minimum Gasteiger partial charge on any atom is -0.355 e. The van der Waals surface area contributed by atoms with Gasteiger partial charge in [-0.2, -0.15) is 0 Å². The Morgan fingerprint density at radius 3 is 2.94 bits per heavy atom. The van der Waals surface area contributed by atoms with E-state index in [4.69, 9.17) is 0 Å². The van der Waals surface area contributed by atoms with E-state index in [1.165, 1.54) is 12.8 Å². The molecule has 0 aromatic carbocycles. The molecule has 1 aromatic heterocycles. The lowest BCUT2D eigenvalue weighted by atomic mass is 10.0. The van der Waals surface area contributed by atoms with E-state index in [1.54, 1.807) is 0 Å². The van der Waals surface area contributed by atoms with Gasteiger partial charge in [0.05, 0.1) is 18.1 Å². The molecule has 1 atom stereocenters. The van der Waals surface area contributed by atoms with Crippen LogP contribution < -0.4 is 10.2 Å². The van der Waals surface area contributed by atoms with Crippen molar-refractivity contribution in [1.82, 2.24) is 15.3 Å². The predicted molar refractivity (Wildman–Crippen MR) is 74.6 cm³/mol. The third-order valence-corrected chi connectivity index (χ3v) is 3.41. The van der Waals surface area contributed by atoms with Crippen LogP contribution in [-0.4, -0.2) is 29.6 Å². The van der Waals surface area contributed by atoms with Crippen molar-refractivity contribution in [3.8, 4) is 0 Å². The monoisotopic (exact) mass is 248 g/mol. The van der Waals surface area contributed by atoms with Crippen LogP contribution in [0.25, 0.3) is 0 Å². The van der Waals surface area contributed by atoms with Crippen molar-refractivity contribution in [2.24, 2.45) is 5.92 Å². The Hall–Kier alpha value is -1.16. The van der Waals surface area contributed by atoms with Gasteiger partial charge >= 0.3 is 0 Å². The molecule has 0 spiro atoms. The Morgan fingerprint density at radius 2 is 2.28 bits per heavy atom. The van der Waals surface area contributed by atoms with Crippen LogP contribution in [0.5, 0.6) is 0 Å². The first kappa shape index (κ1) is 13.3. The van der Waals surface area contributed by atoms with Gasteiger partial charge in [0.25, 0.3) is 0 Å². The Kier molecular flexibility index (Phi) is 4.93. The lowest BCUT2D eigenvalue weighted by Crippen LogP contribution is -2.34. The summed E-state index contributed by atoms with van der Waals surface area (Å²) in [6.07, 6.45) is 7.57. The minimum atomic E-state index is 0.770. The fourth-order valence-electron chi connectivity index (χ4n) is 2.39. The van der Waals surface area contributed by atoms with Crippen molar-refractivity contribution in [2.75, 3.05) is 24.5 Å². The van der Waals surface area contributed by atoms with Gasteiger partial charge in [0, 0.05) is 19.6 Å². The predicted octanol–water partition coefficient (Wildman–Crippen LogP) is 2.21. The van der Waals surface area contributed by atoms with E-state index in [2.05, 4.69) is 34.0 Å². The summed E-state index contributed by atoms with van der Waals surface area (Å²) in [6, 6.07) is 0. The average molecular weight is 248 g/mol. The second-order valence-corrected chi connectivity index (χ2v) is 5.24. The standard InChI is InChI=1S/C14H24N4/c1-3-6-15-8-13-9-17-14(10-16-13)18-7-4-5-12(2)11-18/h9-10,12,15H,3-8,11H2,1-2H3. The van der Waals surface area contributed by atoms with Crippen molar-refractivity contribution in [3.05, 3.63) is 18.1 Å². The SMILES string of the molecule is CCCNCc1cnc(N2CCCC(C)C2)cn1. The van der Waals surface area contributed by atoms with E-state index in [1.807, 2.05) is 12.4 Å². The van der Waals surface area contributed by atoms with Crippen LogP contribution in [0.3, 0.4) is 0 Å². The molecule has 100 valence electrons. The van der Waals surface area contributed by atoms with Crippen molar-refractivity contribution in [3.63, 3.8) is 0 Å². The lowest BCUT2D eigenvalue weighted by Gasteiger charge is -2.31. The summed E-state index contributed by atoms with van der Waals surface area (Å²) in [5.74, 6) is 1.80. The van der Waals surface area contributed by atoms with E-state index in [9.17, 15) is 0 Å². The topological polar surface area (TPSA) is 41.1 Å². The number of nitrogens with zero attached hydrogens (tertiary/aromatic N) is 3. The number of aromatic nitrogens is 2. The first-order chi connectivity index (χ1) is 8.79. The van der Waals surface area contributed by atoms with Gasteiger partial charge in [-0.25, -0.2) is 4.98 Å². The Morgan fingerprint density at radius 1 is 1.39 bits per heavy atom. The molecule has 2 rings (SSSR count). The van der Waals surface area contributed by atoms with Crippen molar-refractivity contribution in [1.29, 1.82) is 0 Å². The number of hydrogen-bond donors (Lipinski definition) is 1. The van der Waals surface area contributed by atoms with Gasteiger partial charge < -0.3 is 10.2 Å². The molecular weight excluding hydrogens is 224 g/mol.